The lowest BCUT2D eigenvalue weighted by atomic mass is 10.2. The Morgan fingerprint density at radius 3 is 2.69 bits per heavy atom. The zero-order valence-electron chi connectivity index (χ0n) is 13.6. The Kier molecular flexibility index (Phi) is 6.65. The highest BCUT2D eigenvalue weighted by Gasteiger charge is 2.12. The SMILES string of the molecule is COc1cc([N+](=O)[O-])ccc1NC(=S)NC(=O)/C=C/c1ccccc1Cl. The molecular weight excluding hydrogens is 378 g/mol. The number of carbonyl (C=O) groups is 1. The first-order valence-electron chi connectivity index (χ1n) is 7.27. The van der Waals surface area contributed by atoms with Crippen LogP contribution >= 0.6 is 23.8 Å². The predicted octanol–water partition coefficient (Wildman–Crippen LogP) is 3.78. The lowest BCUT2D eigenvalue weighted by molar-refractivity contribution is -0.384. The average molecular weight is 392 g/mol. The van der Waals surface area contributed by atoms with Gasteiger partial charge >= 0.3 is 0 Å². The molecular formula is C17H14ClN3O4S. The minimum Gasteiger partial charge on any atom is -0.494 e. The summed E-state index contributed by atoms with van der Waals surface area (Å²) in [6, 6.07) is 11.1. The van der Waals surface area contributed by atoms with Gasteiger partial charge in [-0.05, 0) is 36.0 Å². The molecule has 2 N–H and O–H groups in total. The van der Waals surface area contributed by atoms with Gasteiger partial charge in [0.1, 0.15) is 5.75 Å². The highest BCUT2D eigenvalue weighted by atomic mass is 35.5. The van der Waals surface area contributed by atoms with E-state index in [0.29, 0.717) is 16.3 Å². The number of carbonyl (C=O) groups excluding carboxylic acids is 1. The number of nitrogens with zero attached hydrogens (tertiary/aromatic N) is 1. The molecule has 0 aliphatic rings. The fraction of sp³-hybridized carbons (Fsp3) is 0.0588. The summed E-state index contributed by atoms with van der Waals surface area (Å²) < 4.78 is 5.09. The van der Waals surface area contributed by atoms with Gasteiger partial charge in [-0.15, -0.1) is 0 Å². The molecule has 0 aliphatic carbocycles. The molecule has 0 aromatic heterocycles. The molecule has 134 valence electrons. The van der Waals surface area contributed by atoms with Crippen LogP contribution < -0.4 is 15.4 Å². The van der Waals surface area contributed by atoms with Crippen molar-refractivity contribution in [2.45, 2.75) is 0 Å². The molecule has 2 aromatic carbocycles. The number of benzene rings is 2. The van der Waals surface area contributed by atoms with Gasteiger partial charge in [0.15, 0.2) is 5.11 Å². The van der Waals surface area contributed by atoms with Gasteiger partial charge in [0, 0.05) is 17.2 Å². The van der Waals surface area contributed by atoms with Crippen molar-refractivity contribution in [1.29, 1.82) is 0 Å². The maximum Gasteiger partial charge on any atom is 0.273 e. The molecule has 0 unspecified atom stereocenters. The van der Waals surface area contributed by atoms with Crippen LogP contribution in [0.4, 0.5) is 11.4 Å². The van der Waals surface area contributed by atoms with Crippen LogP contribution in [0, 0.1) is 10.1 Å². The lowest BCUT2D eigenvalue weighted by Crippen LogP contribution is -2.32. The van der Waals surface area contributed by atoms with E-state index >= 15 is 0 Å². The standard InChI is InChI=1S/C17H14ClN3O4S/c1-25-15-10-12(21(23)24)7-8-14(15)19-17(26)20-16(22)9-6-11-4-2-3-5-13(11)18/h2-10H,1H3,(H2,19,20,22,26)/b9-6+. The van der Waals surface area contributed by atoms with E-state index < -0.39 is 10.8 Å². The maximum atomic E-state index is 11.9. The van der Waals surface area contributed by atoms with E-state index in [1.165, 1.54) is 31.4 Å². The normalized spacial score (nSPS) is 10.4. The van der Waals surface area contributed by atoms with Crippen LogP contribution in [-0.2, 0) is 4.79 Å². The van der Waals surface area contributed by atoms with Crippen molar-refractivity contribution in [3.8, 4) is 5.75 Å². The first-order chi connectivity index (χ1) is 12.4. The number of non-ortho nitro benzene ring substituents is 1. The molecule has 2 rings (SSSR count). The summed E-state index contributed by atoms with van der Waals surface area (Å²) in [6.45, 7) is 0. The molecule has 0 atom stereocenters. The van der Waals surface area contributed by atoms with Crippen LogP contribution in [0.15, 0.2) is 48.5 Å². The highest BCUT2D eigenvalue weighted by molar-refractivity contribution is 7.80. The second-order valence-corrected chi connectivity index (χ2v) is 5.76. The highest BCUT2D eigenvalue weighted by Crippen LogP contribution is 2.28. The summed E-state index contributed by atoms with van der Waals surface area (Å²) in [5.74, 6) is -0.231. The number of methoxy groups -OCH3 is 1. The van der Waals surface area contributed by atoms with Gasteiger partial charge in [0.2, 0.25) is 5.91 Å². The Labute approximate surface area is 159 Å². The second-order valence-electron chi connectivity index (χ2n) is 4.94. The number of thiocarbonyl (C=S) groups is 1. The number of hydrogen-bond donors (Lipinski definition) is 2. The average Bonchev–Trinajstić information content (AvgIpc) is 2.61. The molecule has 0 aliphatic heterocycles. The summed E-state index contributed by atoms with van der Waals surface area (Å²) in [6.07, 6.45) is 2.86. The molecule has 26 heavy (non-hydrogen) atoms. The Balaban J connectivity index is 2.01. The van der Waals surface area contributed by atoms with E-state index in [2.05, 4.69) is 10.6 Å². The van der Waals surface area contributed by atoms with Gasteiger partial charge in [-0.25, -0.2) is 0 Å². The number of anilines is 1. The molecule has 0 radical (unpaired) electrons. The van der Waals surface area contributed by atoms with Gasteiger partial charge < -0.3 is 10.1 Å². The smallest absolute Gasteiger partial charge is 0.273 e. The minimum atomic E-state index is -0.536. The number of halogens is 1. The number of nitro groups is 1. The van der Waals surface area contributed by atoms with E-state index in [0.717, 1.165) is 0 Å². The van der Waals surface area contributed by atoms with E-state index in [-0.39, 0.29) is 16.5 Å². The zero-order chi connectivity index (χ0) is 19.1. The van der Waals surface area contributed by atoms with E-state index in [1.807, 2.05) is 0 Å². The molecule has 0 fully saturated rings. The maximum absolute atomic E-state index is 11.9. The summed E-state index contributed by atoms with van der Waals surface area (Å²) >= 11 is 11.1. The molecule has 0 saturated heterocycles. The molecule has 1 amide bonds. The third-order valence-electron chi connectivity index (χ3n) is 3.20. The monoisotopic (exact) mass is 391 g/mol. The van der Waals surface area contributed by atoms with Crippen molar-refractivity contribution in [1.82, 2.24) is 5.32 Å². The van der Waals surface area contributed by atoms with Crippen LogP contribution in [0.3, 0.4) is 0 Å². The molecule has 9 heteroatoms. The van der Waals surface area contributed by atoms with Crippen LogP contribution in [0.25, 0.3) is 6.08 Å². The third kappa shape index (κ3) is 5.27. The number of ether oxygens (including phenoxy) is 1. The predicted molar refractivity (Wildman–Crippen MR) is 104 cm³/mol. The number of rotatable bonds is 5. The van der Waals surface area contributed by atoms with Crippen molar-refractivity contribution in [3.05, 3.63) is 69.2 Å². The third-order valence-corrected chi connectivity index (χ3v) is 3.75. The number of amides is 1. The summed E-state index contributed by atoms with van der Waals surface area (Å²) in [5.41, 5.74) is 0.962. The van der Waals surface area contributed by atoms with Gasteiger partial charge in [0.25, 0.3) is 5.69 Å². The molecule has 2 aromatic rings. The zero-order valence-corrected chi connectivity index (χ0v) is 15.1. The minimum absolute atomic E-state index is 0.0194. The molecule has 0 saturated carbocycles. The van der Waals surface area contributed by atoms with Crippen LogP contribution in [-0.4, -0.2) is 23.1 Å². The first kappa shape index (κ1) is 19.4. The first-order valence-corrected chi connectivity index (χ1v) is 8.06. The Bertz CT molecular complexity index is 886. The largest absolute Gasteiger partial charge is 0.494 e. The van der Waals surface area contributed by atoms with E-state index in [1.54, 1.807) is 30.3 Å². The molecule has 0 spiro atoms. The van der Waals surface area contributed by atoms with Gasteiger partial charge in [0.05, 0.1) is 23.8 Å². The van der Waals surface area contributed by atoms with Crippen molar-refractivity contribution in [3.63, 3.8) is 0 Å². The summed E-state index contributed by atoms with van der Waals surface area (Å²) in [7, 11) is 1.37. The molecule has 0 heterocycles. The second kappa shape index (κ2) is 8.93. The topological polar surface area (TPSA) is 93.5 Å². The molecule has 7 nitrogen and oxygen atoms in total. The van der Waals surface area contributed by atoms with Crippen molar-refractivity contribution >= 4 is 52.3 Å². The van der Waals surface area contributed by atoms with Gasteiger partial charge in [-0.3, -0.25) is 20.2 Å². The summed E-state index contributed by atoms with van der Waals surface area (Å²) in [4.78, 5) is 22.2. The quantitative estimate of drug-likeness (QED) is 0.348. The lowest BCUT2D eigenvalue weighted by Gasteiger charge is -2.11. The van der Waals surface area contributed by atoms with Gasteiger partial charge in [-0.1, -0.05) is 29.8 Å². The summed E-state index contributed by atoms with van der Waals surface area (Å²) in [5, 5.41) is 16.6. The van der Waals surface area contributed by atoms with Crippen molar-refractivity contribution < 1.29 is 14.5 Å². The number of nitro benzene ring substituents is 1. The Hall–Kier alpha value is -2.97. The van der Waals surface area contributed by atoms with E-state index in [4.69, 9.17) is 28.6 Å². The van der Waals surface area contributed by atoms with E-state index in [9.17, 15) is 14.9 Å². The van der Waals surface area contributed by atoms with Crippen LogP contribution in [0.2, 0.25) is 5.02 Å². The fourth-order valence-electron chi connectivity index (χ4n) is 1.98. The number of hydrogen-bond acceptors (Lipinski definition) is 5. The van der Waals surface area contributed by atoms with Gasteiger partial charge in [-0.2, -0.15) is 0 Å². The fourth-order valence-corrected chi connectivity index (χ4v) is 2.39. The Morgan fingerprint density at radius 1 is 1.31 bits per heavy atom. The molecule has 0 bridgehead atoms. The van der Waals surface area contributed by atoms with Crippen LogP contribution in [0.5, 0.6) is 5.75 Å². The van der Waals surface area contributed by atoms with Crippen molar-refractivity contribution in [2.75, 3.05) is 12.4 Å². The Morgan fingerprint density at radius 2 is 2.04 bits per heavy atom. The van der Waals surface area contributed by atoms with Crippen LogP contribution in [0.1, 0.15) is 5.56 Å². The number of nitrogens with one attached hydrogen (secondary N) is 2. The van der Waals surface area contributed by atoms with Crippen molar-refractivity contribution in [2.24, 2.45) is 0 Å².